The standard InChI is InChI=1S/C14H9F3N6/c15-14(16,17)8-23-11-5-9(6-18)20-7-10(11)13(22-23)21-12-3-1-2-4-19-12/h1-5,7H,8H2,(H,19,21,22). The molecule has 0 aliphatic rings. The molecule has 0 radical (unpaired) electrons. The molecular formula is C14H9F3N6. The molecule has 0 fully saturated rings. The molecule has 3 rings (SSSR count). The minimum Gasteiger partial charge on any atom is -0.323 e. The van der Waals surface area contributed by atoms with Crippen molar-refractivity contribution >= 4 is 22.5 Å². The van der Waals surface area contributed by atoms with Crippen LogP contribution in [-0.4, -0.2) is 25.9 Å². The predicted molar refractivity (Wildman–Crippen MR) is 75.8 cm³/mol. The third kappa shape index (κ3) is 3.21. The van der Waals surface area contributed by atoms with E-state index in [1.807, 2.05) is 0 Å². The van der Waals surface area contributed by atoms with Crippen molar-refractivity contribution < 1.29 is 13.2 Å². The Morgan fingerprint density at radius 3 is 2.74 bits per heavy atom. The molecule has 6 nitrogen and oxygen atoms in total. The molecule has 3 aromatic rings. The van der Waals surface area contributed by atoms with Crippen LogP contribution in [0.5, 0.6) is 0 Å². The maximum atomic E-state index is 12.7. The van der Waals surface area contributed by atoms with E-state index in [-0.39, 0.29) is 17.0 Å². The zero-order valence-corrected chi connectivity index (χ0v) is 11.5. The highest BCUT2D eigenvalue weighted by molar-refractivity contribution is 5.91. The van der Waals surface area contributed by atoms with Gasteiger partial charge in [0.15, 0.2) is 5.82 Å². The van der Waals surface area contributed by atoms with Crippen LogP contribution in [0.4, 0.5) is 24.8 Å². The number of fused-ring (bicyclic) bond motifs is 1. The molecule has 0 aliphatic heterocycles. The average molecular weight is 318 g/mol. The normalized spacial score (nSPS) is 11.4. The number of pyridine rings is 2. The molecule has 3 heterocycles. The minimum atomic E-state index is -4.43. The number of anilines is 2. The summed E-state index contributed by atoms with van der Waals surface area (Å²) in [6, 6.07) is 8.18. The van der Waals surface area contributed by atoms with E-state index in [1.54, 1.807) is 30.5 Å². The molecule has 0 aromatic carbocycles. The van der Waals surface area contributed by atoms with Crippen LogP contribution in [0.1, 0.15) is 5.69 Å². The number of nitriles is 1. The zero-order valence-electron chi connectivity index (χ0n) is 11.5. The van der Waals surface area contributed by atoms with E-state index >= 15 is 0 Å². The number of nitrogens with one attached hydrogen (secondary N) is 1. The second-order valence-corrected chi connectivity index (χ2v) is 4.66. The van der Waals surface area contributed by atoms with Gasteiger partial charge in [-0.25, -0.2) is 9.97 Å². The Hall–Kier alpha value is -3.15. The minimum absolute atomic E-state index is 0.0187. The summed E-state index contributed by atoms with van der Waals surface area (Å²) in [5.74, 6) is 0.635. The maximum Gasteiger partial charge on any atom is 0.408 e. The Morgan fingerprint density at radius 1 is 1.26 bits per heavy atom. The van der Waals surface area contributed by atoms with Crippen LogP contribution < -0.4 is 5.32 Å². The van der Waals surface area contributed by atoms with Crippen LogP contribution in [0.2, 0.25) is 0 Å². The van der Waals surface area contributed by atoms with Crippen LogP contribution >= 0.6 is 0 Å². The van der Waals surface area contributed by atoms with E-state index in [0.717, 1.165) is 4.68 Å². The Kier molecular flexibility index (Phi) is 3.57. The number of alkyl halides is 3. The monoisotopic (exact) mass is 318 g/mol. The first-order valence-corrected chi connectivity index (χ1v) is 6.48. The summed E-state index contributed by atoms with van der Waals surface area (Å²) in [5.41, 5.74) is 0.192. The molecule has 0 atom stereocenters. The fourth-order valence-corrected chi connectivity index (χ4v) is 2.07. The first-order chi connectivity index (χ1) is 11.0. The van der Waals surface area contributed by atoms with Crippen LogP contribution in [-0.2, 0) is 6.54 Å². The first kappa shape index (κ1) is 14.8. The topological polar surface area (TPSA) is 79.4 Å². The quantitative estimate of drug-likeness (QED) is 0.803. The van der Waals surface area contributed by atoms with Gasteiger partial charge >= 0.3 is 6.18 Å². The summed E-state index contributed by atoms with van der Waals surface area (Å²) < 4.78 is 38.9. The van der Waals surface area contributed by atoms with Crippen LogP contribution in [0.25, 0.3) is 10.9 Å². The molecular weight excluding hydrogens is 309 g/mol. The molecule has 0 unspecified atom stereocenters. The van der Waals surface area contributed by atoms with Crippen molar-refractivity contribution in [3.63, 3.8) is 0 Å². The van der Waals surface area contributed by atoms with Gasteiger partial charge in [-0.2, -0.15) is 23.5 Å². The Labute approximate surface area is 128 Å². The van der Waals surface area contributed by atoms with Gasteiger partial charge in [0, 0.05) is 18.5 Å². The van der Waals surface area contributed by atoms with Crippen molar-refractivity contribution in [3.05, 3.63) is 42.4 Å². The number of halogens is 3. The lowest BCUT2D eigenvalue weighted by atomic mass is 10.2. The van der Waals surface area contributed by atoms with Gasteiger partial charge < -0.3 is 5.32 Å². The van der Waals surface area contributed by atoms with Gasteiger partial charge in [0.05, 0.1) is 10.9 Å². The molecule has 0 saturated carbocycles. The fraction of sp³-hybridized carbons (Fsp3) is 0.143. The highest BCUT2D eigenvalue weighted by Gasteiger charge is 2.30. The van der Waals surface area contributed by atoms with Crippen molar-refractivity contribution in [2.75, 3.05) is 5.32 Å². The number of aromatic nitrogens is 4. The van der Waals surface area contributed by atoms with Crippen molar-refractivity contribution in [2.24, 2.45) is 0 Å². The lowest BCUT2D eigenvalue weighted by Crippen LogP contribution is -2.18. The highest BCUT2D eigenvalue weighted by Crippen LogP contribution is 2.27. The fourth-order valence-electron chi connectivity index (χ4n) is 2.07. The number of hydrogen-bond acceptors (Lipinski definition) is 5. The molecule has 23 heavy (non-hydrogen) atoms. The van der Waals surface area contributed by atoms with Gasteiger partial charge in [0.1, 0.15) is 24.1 Å². The Morgan fingerprint density at radius 2 is 2.09 bits per heavy atom. The van der Waals surface area contributed by atoms with Crippen molar-refractivity contribution in [1.82, 2.24) is 19.7 Å². The van der Waals surface area contributed by atoms with E-state index < -0.39 is 12.7 Å². The molecule has 0 saturated heterocycles. The molecule has 1 N–H and O–H groups in total. The molecule has 9 heteroatoms. The Balaban J connectivity index is 2.09. The van der Waals surface area contributed by atoms with E-state index in [4.69, 9.17) is 5.26 Å². The number of rotatable bonds is 3. The molecule has 0 spiro atoms. The van der Waals surface area contributed by atoms with Gasteiger partial charge in [-0.1, -0.05) is 6.07 Å². The van der Waals surface area contributed by atoms with E-state index in [2.05, 4.69) is 20.4 Å². The summed E-state index contributed by atoms with van der Waals surface area (Å²) in [7, 11) is 0. The smallest absolute Gasteiger partial charge is 0.323 e. The molecule has 0 aliphatic carbocycles. The van der Waals surface area contributed by atoms with E-state index in [9.17, 15) is 13.2 Å². The summed E-state index contributed by atoms with van der Waals surface area (Å²) >= 11 is 0. The number of nitrogens with zero attached hydrogens (tertiary/aromatic N) is 5. The second-order valence-electron chi connectivity index (χ2n) is 4.66. The van der Waals surface area contributed by atoms with Crippen molar-refractivity contribution in [3.8, 4) is 6.07 Å². The zero-order chi connectivity index (χ0) is 16.4. The second kappa shape index (κ2) is 5.57. The lowest BCUT2D eigenvalue weighted by Gasteiger charge is -2.07. The lowest BCUT2D eigenvalue weighted by molar-refractivity contribution is -0.141. The summed E-state index contributed by atoms with van der Waals surface area (Å²) in [5, 5.41) is 16.0. The van der Waals surface area contributed by atoms with Gasteiger partial charge in [0.2, 0.25) is 0 Å². The average Bonchev–Trinajstić information content (AvgIpc) is 2.83. The van der Waals surface area contributed by atoms with Gasteiger partial charge in [-0.05, 0) is 12.1 Å². The summed E-state index contributed by atoms with van der Waals surface area (Å²) in [6.45, 7) is -1.26. The molecule has 0 bridgehead atoms. The molecule has 3 aromatic heterocycles. The first-order valence-electron chi connectivity index (χ1n) is 6.48. The van der Waals surface area contributed by atoms with Gasteiger partial charge in [-0.15, -0.1) is 0 Å². The van der Waals surface area contributed by atoms with E-state index in [1.165, 1.54) is 12.3 Å². The predicted octanol–water partition coefficient (Wildman–Crippen LogP) is 3.00. The number of hydrogen-bond donors (Lipinski definition) is 1. The summed E-state index contributed by atoms with van der Waals surface area (Å²) in [6.07, 6.45) is -1.57. The maximum absolute atomic E-state index is 12.7. The Bertz CT molecular complexity index is 879. The van der Waals surface area contributed by atoms with Gasteiger partial charge in [0.25, 0.3) is 0 Å². The third-order valence-electron chi connectivity index (χ3n) is 2.99. The molecule has 116 valence electrons. The summed E-state index contributed by atoms with van der Waals surface area (Å²) in [4.78, 5) is 7.92. The van der Waals surface area contributed by atoms with Gasteiger partial charge in [-0.3, -0.25) is 4.68 Å². The van der Waals surface area contributed by atoms with Crippen molar-refractivity contribution in [2.45, 2.75) is 12.7 Å². The third-order valence-corrected chi connectivity index (χ3v) is 2.99. The largest absolute Gasteiger partial charge is 0.408 e. The highest BCUT2D eigenvalue weighted by atomic mass is 19.4. The van der Waals surface area contributed by atoms with Crippen LogP contribution in [0, 0.1) is 11.3 Å². The SMILES string of the molecule is N#Cc1cc2c(cn1)c(Nc1ccccn1)nn2CC(F)(F)F. The molecule has 0 amide bonds. The van der Waals surface area contributed by atoms with Crippen LogP contribution in [0.15, 0.2) is 36.7 Å². The van der Waals surface area contributed by atoms with Crippen molar-refractivity contribution in [1.29, 1.82) is 5.26 Å². The van der Waals surface area contributed by atoms with Crippen LogP contribution in [0.3, 0.4) is 0 Å². The van der Waals surface area contributed by atoms with E-state index in [0.29, 0.717) is 11.2 Å².